The van der Waals surface area contributed by atoms with Gasteiger partial charge in [0.1, 0.15) is 0 Å². The number of nitrogens with one attached hydrogen (secondary N) is 2. The Morgan fingerprint density at radius 3 is 2.18 bits per heavy atom. The molecule has 0 aromatic heterocycles. The molecule has 1 aliphatic carbocycles. The number of rotatable bonds is 5. The molecule has 6 nitrogen and oxygen atoms in total. The number of piperidine rings is 1. The Morgan fingerprint density at radius 2 is 1.48 bits per heavy atom. The van der Waals surface area contributed by atoms with Crippen LogP contribution in [-0.4, -0.2) is 41.8 Å². The predicted octanol–water partition coefficient (Wildman–Crippen LogP) is 4.89. The summed E-state index contributed by atoms with van der Waals surface area (Å²) in [4.78, 5) is 39.9. The van der Waals surface area contributed by atoms with Crippen LogP contribution in [0.4, 0.5) is 5.69 Å². The third-order valence-electron chi connectivity index (χ3n) is 6.53. The van der Waals surface area contributed by atoms with Gasteiger partial charge in [0.05, 0.1) is 5.92 Å². The molecule has 2 fully saturated rings. The molecule has 1 saturated heterocycles. The van der Waals surface area contributed by atoms with Crippen LogP contribution in [0.25, 0.3) is 0 Å². The molecule has 2 aromatic carbocycles. The van der Waals surface area contributed by atoms with E-state index in [0.29, 0.717) is 34.9 Å². The second-order valence-electron chi connectivity index (χ2n) is 8.97. The lowest BCUT2D eigenvalue weighted by molar-refractivity contribution is -0.127. The molecule has 2 aliphatic rings. The third-order valence-corrected chi connectivity index (χ3v) is 6.78. The third kappa shape index (κ3) is 6.14. The largest absolute Gasteiger partial charge is 0.353 e. The number of amides is 3. The van der Waals surface area contributed by atoms with Crippen molar-refractivity contribution in [2.45, 2.75) is 51.0 Å². The fraction of sp³-hybridized carbons (Fsp3) is 0.423. The van der Waals surface area contributed by atoms with Crippen molar-refractivity contribution in [2.24, 2.45) is 5.92 Å². The molecule has 3 amide bonds. The highest BCUT2D eigenvalue weighted by atomic mass is 35.5. The molecule has 2 N–H and O–H groups in total. The lowest BCUT2D eigenvalue weighted by Crippen LogP contribution is -2.47. The molecule has 1 saturated carbocycles. The van der Waals surface area contributed by atoms with Crippen molar-refractivity contribution in [1.29, 1.82) is 0 Å². The molecule has 1 heterocycles. The van der Waals surface area contributed by atoms with Gasteiger partial charge in [0.2, 0.25) is 5.91 Å². The van der Waals surface area contributed by atoms with E-state index >= 15 is 0 Å². The van der Waals surface area contributed by atoms with Gasteiger partial charge < -0.3 is 15.5 Å². The summed E-state index contributed by atoms with van der Waals surface area (Å²) in [5.74, 6) is -0.392. The average Bonchev–Trinajstić information content (AvgIpc) is 2.85. The fourth-order valence-electron chi connectivity index (χ4n) is 4.62. The van der Waals surface area contributed by atoms with Crippen molar-refractivity contribution in [3.05, 3.63) is 64.7 Å². The quantitative estimate of drug-likeness (QED) is 0.656. The molecule has 7 heteroatoms. The summed E-state index contributed by atoms with van der Waals surface area (Å²) in [6.45, 7) is 1.10. The zero-order valence-corrected chi connectivity index (χ0v) is 19.4. The van der Waals surface area contributed by atoms with Crippen molar-refractivity contribution in [1.82, 2.24) is 10.2 Å². The molecule has 4 rings (SSSR count). The van der Waals surface area contributed by atoms with Crippen molar-refractivity contribution in [2.75, 3.05) is 18.4 Å². The van der Waals surface area contributed by atoms with E-state index in [1.165, 1.54) is 19.3 Å². The van der Waals surface area contributed by atoms with E-state index in [4.69, 9.17) is 11.6 Å². The molecule has 0 spiro atoms. The number of nitrogens with zero attached hydrogens (tertiary/aromatic N) is 1. The van der Waals surface area contributed by atoms with Crippen LogP contribution in [0.2, 0.25) is 5.02 Å². The van der Waals surface area contributed by atoms with Crippen molar-refractivity contribution in [3.8, 4) is 0 Å². The molecule has 174 valence electrons. The van der Waals surface area contributed by atoms with Gasteiger partial charge in [-0.05, 0) is 74.2 Å². The summed E-state index contributed by atoms with van der Waals surface area (Å²) in [5, 5.41) is 6.60. The Bertz CT molecular complexity index is 985. The first-order chi connectivity index (χ1) is 16.0. The van der Waals surface area contributed by atoms with Gasteiger partial charge in [0, 0.05) is 41.0 Å². The van der Waals surface area contributed by atoms with Crippen LogP contribution in [0.5, 0.6) is 0 Å². The summed E-state index contributed by atoms with van der Waals surface area (Å²) >= 11 is 5.87. The van der Waals surface area contributed by atoms with Crippen LogP contribution < -0.4 is 10.6 Å². The lowest BCUT2D eigenvalue weighted by Gasteiger charge is -2.33. The van der Waals surface area contributed by atoms with Gasteiger partial charge >= 0.3 is 0 Å². The van der Waals surface area contributed by atoms with Crippen LogP contribution in [0, 0.1) is 5.92 Å². The van der Waals surface area contributed by atoms with E-state index in [-0.39, 0.29) is 29.7 Å². The van der Waals surface area contributed by atoms with Crippen LogP contribution in [-0.2, 0) is 4.79 Å². The van der Waals surface area contributed by atoms with Gasteiger partial charge in [-0.25, -0.2) is 0 Å². The normalized spacial score (nSPS) is 19.1. The lowest BCUT2D eigenvalue weighted by atomic mass is 9.92. The molecule has 1 atom stereocenters. The summed E-state index contributed by atoms with van der Waals surface area (Å²) in [6, 6.07) is 13.8. The molecular weight excluding hydrogens is 438 g/mol. The minimum atomic E-state index is -0.242. The van der Waals surface area contributed by atoms with Crippen LogP contribution >= 0.6 is 11.6 Å². The Labute approximate surface area is 199 Å². The second-order valence-corrected chi connectivity index (χ2v) is 9.41. The number of likely N-dealkylation sites (tertiary alicyclic amines) is 1. The van der Waals surface area contributed by atoms with E-state index in [1.54, 1.807) is 53.4 Å². The highest BCUT2D eigenvalue weighted by Gasteiger charge is 2.30. The first-order valence-electron chi connectivity index (χ1n) is 11.8. The van der Waals surface area contributed by atoms with E-state index in [2.05, 4.69) is 10.6 Å². The number of hydrogen-bond acceptors (Lipinski definition) is 3. The zero-order valence-electron chi connectivity index (χ0n) is 18.7. The van der Waals surface area contributed by atoms with Crippen molar-refractivity contribution in [3.63, 3.8) is 0 Å². The summed E-state index contributed by atoms with van der Waals surface area (Å²) in [6.07, 6.45) is 7.36. The maximum absolute atomic E-state index is 13.0. The van der Waals surface area contributed by atoms with E-state index in [0.717, 1.165) is 25.7 Å². The minimum Gasteiger partial charge on any atom is -0.353 e. The van der Waals surface area contributed by atoms with Crippen molar-refractivity contribution >= 4 is 35.0 Å². The fourth-order valence-corrected chi connectivity index (χ4v) is 4.75. The minimum absolute atomic E-state index is 0.0826. The van der Waals surface area contributed by atoms with Gasteiger partial charge in [-0.2, -0.15) is 0 Å². The Kier molecular flexibility index (Phi) is 7.65. The average molecular weight is 468 g/mol. The number of hydrogen-bond donors (Lipinski definition) is 2. The molecular formula is C26H30ClN3O3. The Balaban J connectivity index is 1.32. The van der Waals surface area contributed by atoms with Gasteiger partial charge in [-0.15, -0.1) is 0 Å². The van der Waals surface area contributed by atoms with E-state index in [9.17, 15) is 14.4 Å². The summed E-state index contributed by atoms with van der Waals surface area (Å²) in [7, 11) is 0. The van der Waals surface area contributed by atoms with E-state index in [1.807, 2.05) is 0 Å². The number of anilines is 1. The number of benzene rings is 2. The van der Waals surface area contributed by atoms with Gasteiger partial charge in [0.15, 0.2) is 0 Å². The SMILES string of the molecule is O=C(Nc1ccc(C(=O)N2CCC[C@H](C(=O)NC3CCCCC3)C2)cc1)c1ccc(Cl)cc1. The second kappa shape index (κ2) is 10.8. The standard InChI is InChI=1S/C26H30ClN3O3/c27-21-12-8-18(9-13-21)24(31)29-23-14-10-19(11-15-23)26(33)30-16-4-5-20(17-30)25(32)28-22-6-2-1-3-7-22/h8-15,20,22H,1-7,16-17H2,(H,28,32)(H,29,31)/t20-/m0/s1. The summed E-state index contributed by atoms with van der Waals surface area (Å²) in [5.41, 5.74) is 1.66. The Hall–Kier alpha value is -2.86. The van der Waals surface area contributed by atoms with Gasteiger partial charge in [-0.3, -0.25) is 14.4 Å². The summed E-state index contributed by atoms with van der Waals surface area (Å²) < 4.78 is 0. The maximum Gasteiger partial charge on any atom is 0.255 e. The molecule has 33 heavy (non-hydrogen) atoms. The molecule has 0 bridgehead atoms. The predicted molar refractivity (Wildman–Crippen MR) is 129 cm³/mol. The van der Waals surface area contributed by atoms with Gasteiger partial charge in [-0.1, -0.05) is 30.9 Å². The van der Waals surface area contributed by atoms with Crippen LogP contribution in [0.15, 0.2) is 48.5 Å². The topological polar surface area (TPSA) is 78.5 Å². The van der Waals surface area contributed by atoms with E-state index < -0.39 is 0 Å². The van der Waals surface area contributed by atoms with Crippen LogP contribution in [0.3, 0.4) is 0 Å². The number of halogens is 1. The monoisotopic (exact) mass is 467 g/mol. The van der Waals surface area contributed by atoms with Crippen molar-refractivity contribution < 1.29 is 14.4 Å². The first-order valence-corrected chi connectivity index (χ1v) is 12.1. The highest BCUT2D eigenvalue weighted by molar-refractivity contribution is 6.30. The van der Waals surface area contributed by atoms with Gasteiger partial charge in [0.25, 0.3) is 11.8 Å². The molecule has 2 aromatic rings. The maximum atomic E-state index is 13.0. The molecule has 1 aliphatic heterocycles. The zero-order chi connectivity index (χ0) is 23.2. The highest BCUT2D eigenvalue weighted by Crippen LogP contribution is 2.22. The number of carbonyl (C=O) groups is 3. The van der Waals surface area contributed by atoms with Crippen LogP contribution in [0.1, 0.15) is 65.7 Å². The number of carbonyl (C=O) groups excluding carboxylic acids is 3. The smallest absolute Gasteiger partial charge is 0.255 e. The molecule has 0 unspecified atom stereocenters. The Morgan fingerprint density at radius 1 is 0.818 bits per heavy atom. The molecule has 0 radical (unpaired) electrons. The first kappa shape index (κ1) is 23.3.